The van der Waals surface area contributed by atoms with Crippen LogP contribution in [0.3, 0.4) is 0 Å². The zero-order valence-electron chi connectivity index (χ0n) is 8.22. The third-order valence-corrected chi connectivity index (χ3v) is 2.62. The average molecular weight is 195 g/mol. The van der Waals surface area contributed by atoms with Crippen LogP contribution in [0.25, 0.3) is 16.3 Å². The molecule has 3 aromatic rings. The second kappa shape index (κ2) is 2.95. The molecule has 0 radical (unpaired) electrons. The summed E-state index contributed by atoms with van der Waals surface area (Å²) >= 11 is 0. The van der Waals surface area contributed by atoms with Gasteiger partial charge in [0, 0.05) is 29.3 Å². The SMILES string of the molecule is Nc1ccc2c[n+]3ccccc3cc2c1. The fourth-order valence-corrected chi connectivity index (χ4v) is 1.85. The largest absolute Gasteiger partial charge is 0.399 e. The van der Waals surface area contributed by atoms with E-state index in [4.69, 9.17) is 5.73 Å². The summed E-state index contributed by atoms with van der Waals surface area (Å²) in [5.74, 6) is 0. The van der Waals surface area contributed by atoms with Crippen LogP contribution in [0.15, 0.2) is 54.9 Å². The molecule has 0 atom stereocenters. The van der Waals surface area contributed by atoms with Crippen LogP contribution in [0.1, 0.15) is 0 Å². The van der Waals surface area contributed by atoms with Crippen molar-refractivity contribution in [2.75, 3.05) is 5.73 Å². The lowest BCUT2D eigenvalue weighted by atomic mass is 10.1. The van der Waals surface area contributed by atoms with E-state index in [0.717, 1.165) is 5.69 Å². The molecule has 0 aliphatic heterocycles. The Hall–Kier alpha value is -2.09. The Balaban J connectivity index is 2.47. The monoisotopic (exact) mass is 195 g/mol. The van der Waals surface area contributed by atoms with Gasteiger partial charge in [0.05, 0.1) is 0 Å². The topological polar surface area (TPSA) is 30.1 Å². The summed E-state index contributed by atoms with van der Waals surface area (Å²) < 4.78 is 2.11. The molecule has 2 nitrogen and oxygen atoms in total. The lowest BCUT2D eigenvalue weighted by molar-refractivity contribution is -0.510. The van der Waals surface area contributed by atoms with E-state index < -0.39 is 0 Å². The number of pyridine rings is 2. The number of anilines is 1. The van der Waals surface area contributed by atoms with Gasteiger partial charge in [-0.2, -0.15) is 4.40 Å². The second-order valence-corrected chi connectivity index (χ2v) is 3.69. The Kier molecular flexibility index (Phi) is 1.62. The zero-order valence-corrected chi connectivity index (χ0v) is 8.22. The quantitative estimate of drug-likeness (QED) is 0.332. The van der Waals surface area contributed by atoms with Crippen molar-refractivity contribution < 1.29 is 4.40 Å². The van der Waals surface area contributed by atoms with E-state index in [1.54, 1.807) is 0 Å². The summed E-state index contributed by atoms with van der Waals surface area (Å²) in [6.45, 7) is 0. The number of nitrogens with two attached hydrogens (primary N) is 1. The van der Waals surface area contributed by atoms with Gasteiger partial charge in [0.15, 0.2) is 12.4 Å². The van der Waals surface area contributed by atoms with Gasteiger partial charge in [-0.05, 0) is 29.7 Å². The van der Waals surface area contributed by atoms with Crippen molar-refractivity contribution in [3.05, 3.63) is 54.9 Å². The van der Waals surface area contributed by atoms with Crippen molar-refractivity contribution in [3.63, 3.8) is 0 Å². The van der Waals surface area contributed by atoms with Gasteiger partial charge in [-0.15, -0.1) is 0 Å². The Morgan fingerprint density at radius 2 is 1.87 bits per heavy atom. The number of fused-ring (bicyclic) bond motifs is 2. The normalized spacial score (nSPS) is 10.9. The first-order valence-corrected chi connectivity index (χ1v) is 4.92. The first-order chi connectivity index (χ1) is 7.33. The van der Waals surface area contributed by atoms with Gasteiger partial charge in [-0.3, -0.25) is 0 Å². The Morgan fingerprint density at radius 3 is 2.80 bits per heavy atom. The van der Waals surface area contributed by atoms with Crippen molar-refractivity contribution >= 4 is 22.0 Å². The summed E-state index contributed by atoms with van der Waals surface area (Å²) in [6.07, 6.45) is 4.16. The number of hydrogen-bond donors (Lipinski definition) is 1. The number of nitrogens with zero attached hydrogens (tertiary/aromatic N) is 1. The molecule has 1 aromatic carbocycles. The maximum atomic E-state index is 5.76. The van der Waals surface area contributed by atoms with E-state index in [0.29, 0.717) is 0 Å². The minimum Gasteiger partial charge on any atom is -0.399 e. The second-order valence-electron chi connectivity index (χ2n) is 3.69. The van der Waals surface area contributed by atoms with Crippen LogP contribution in [-0.4, -0.2) is 0 Å². The Bertz CT molecular complexity index is 644. The standard InChI is InChI=1S/C13H10N2/c14-12-5-4-10-9-15-6-2-1-3-13(15)8-11(10)7-12/h1-9,14H/p+1. The molecule has 2 heterocycles. The lowest BCUT2D eigenvalue weighted by Gasteiger charge is -1.98. The number of hydrogen-bond acceptors (Lipinski definition) is 1. The molecule has 0 saturated carbocycles. The number of benzene rings is 1. The predicted molar refractivity (Wildman–Crippen MR) is 61.5 cm³/mol. The molecule has 72 valence electrons. The minimum atomic E-state index is 0.808. The maximum Gasteiger partial charge on any atom is 0.211 e. The van der Waals surface area contributed by atoms with E-state index >= 15 is 0 Å². The lowest BCUT2D eigenvalue weighted by Crippen LogP contribution is -2.19. The molecule has 0 saturated heterocycles. The van der Waals surface area contributed by atoms with E-state index in [1.807, 2.05) is 36.5 Å². The zero-order chi connectivity index (χ0) is 10.3. The summed E-state index contributed by atoms with van der Waals surface area (Å²) in [5, 5.41) is 2.38. The van der Waals surface area contributed by atoms with Crippen molar-refractivity contribution in [2.24, 2.45) is 0 Å². The van der Waals surface area contributed by atoms with Gasteiger partial charge >= 0.3 is 0 Å². The predicted octanol–water partition coefficient (Wildman–Crippen LogP) is 2.16. The highest BCUT2D eigenvalue weighted by atomic mass is 14.8. The fraction of sp³-hybridized carbons (Fsp3) is 0. The molecule has 0 spiro atoms. The molecule has 2 N–H and O–H groups in total. The van der Waals surface area contributed by atoms with Crippen molar-refractivity contribution in [2.45, 2.75) is 0 Å². The van der Waals surface area contributed by atoms with Crippen LogP contribution in [0, 0.1) is 0 Å². The summed E-state index contributed by atoms with van der Waals surface area (Å²) in [6, 6.07) is 14.3. The first-order valence-electron chi connectivity index (χ1n) is 4.92. The molecule has 2 aromatic heterocycles. The Labute approximate surface area is 87.6 Å². The molecule has 0 aliphatic carbocycles. The third-order valence-electron chi connectivity index (χ3n) is 2.62. The van der Waals surface area contributed by atoms with Gasteiger partial charge in [0.1, 0.15) is 0 Å². The van der Waals surface area contributed by atoms with Gasteiger partial charge in [-0.25, -0.2) is 0 Å². The number of nitrogen functional groups attached to an aromatic ring is 1. The smallest absolute Gasteiger partial charge is 0.211 e. The molecule has 0 aliphatic rings. The van der Waals surface area contributed by atoms with Crippen molar-refractivity contribution in [1.29, 1.82) is 0 Å². The number of rotatable bonds is 0. The van der Waals surface area contributed by atoms with E-state index in [1.165, 1.54) is 16.3 Å². The molecule has 15 heavy (non-hydrogen) atoms. The van der Waals surface area contributed by atoms with Crippen LogP contribution < -0.4 is 10.1 Å². The van der Waals surface area contributed by atoms with Gasteiger partial charge < -0.3 is 5.73 Å². The summed E-state index contributed by atoms with van der Waals surface area (Å²) in [7, 11) is 0. The molecule has 0 bridgehead atoms. The molecule has 0 fully saturated rings. The van der Waals surface area contributed by atoms with Crippen LogP contribution in [0.2, 0.25) is 0 Å². The van der Waals surface area contributed by atoms with Crippen LogP contribution in [0.4, 0.5) is 5.69 Å². The number of aromatic nitrogens is 1. The van der Waals surface area contributed by atoms with Crippen molar-refractivity contribution in [3.8, 4) is 0 Å². The van der Waals surface area contributed by atoms with Gasteiger partial charge in [0.2, 0.25) is 5.52 Å². The van der Waals surface area contributed by atoms with E-state index in [2.05, 4.69) is 22.7 Å². The van der Waals surface area contributed by atoms with E-state index in [9.17, 15) is 0 Å². The molecule has 0 unspecified atom stereocenters. The summed E-state index contributed by atoms with van der Waals surface area (Å²) in [4.78, 5) is 0. The fourth-order valence-electron chi connectivity index (χ4n) is 1.85. The summed E-state index contributed by atoms with van der Waals surface area (Å²) in [5.41, 5.74) is 7.75. The molecule has 2 heteroatoms. The Morgan fingerprint density at radius 1 is 0.933 bits per heavy atom. The molecular weight excluding hydrogens is 184 g/mol. The highest BCUT2D eigenvalue weighted by molar-refractivity contribution is 5.86. The molecule has 0 amide bonds. The van der Waals surface area contributed by atoms with Gasteiger partial charge in [0.25, 0.3) is 0 Å². The molecular formula is C13H11N2+. The minimum absolute atomic E-state index is 0.808. The maximum absolute atomic E-state index is 5.76. The van der Waals surface area contributed by atoms with Crippen LogP contribution in [-0.2, 0) is 0 Å². The van der Waals surface area contributed by atoms with Crippen LogP contribution >= 0.6 is 0 Å². The van der Waals surface area contributed by atoms with Crippen molar-refractivity contribution in [1.82, 2.24) is 0 Å². The van der Waals surface area contributed by atoms with Gasteiger partial charge in [-0.1, -0.05) is 0 Å². The third kappa shape index (κ3) is 1.31. The molecule has 3 rings (SSSR count). The van der Waals surface area contributed by atoms with E-state index in [-0.39, 0.29) is 0 Å². The average Bonchev–Trinajstić information content (AvgIpc) is 2.26. The van der Waals surface area contributed by atoms with Crippen LogP contribution in [0.5, 0.6) is 0 Å². The first kappa shape index (κ1) is 8.24. The highest BCUT2D eigenvalue weighted by Crippen LogP contribution is 2.16. The highest BCUT2D eigenvalue weighted by Gasteiger charge is 2.03.